The smallest absolute Gasteiger partial charge is 0.388 e. The van der Waals surface area contributed by atoms with Gasteiger partial charge < -0.3 is 20.1 Å². The summed E-state index contributed by atoms with van der Waals surface area (Å²) >= 11 is 0. The van der Waals surface area contributed by atoms with E-state index in [1.54, 1.807) is 0 Å². The van der Waals surface area contributed by atoms with Gasteiger partial charge in [-0.25, -0.2) is 4.18 Å². The first-order valence-electron chi connectivity index (χ1n) is 4.07. The summed E-state index contributed by atoms with van der Waals surface area (Å²) in [5.74, 6) is 0. The van der Waals surface area contributed by atoms with Crippen molar-refractivity contribution >= 4 is 10.4 Å². The lowest BCUT2D eigenvalue weighted by atomic mass is 10.0. The number of aliphatic hydroxyl groups excluding tert-OH is 3. The average molecular weight is 244 g/mol. The molecule has 0 amide bonds. The first-order valence-corrected chi connectivity index (χ1v) is 5.44. The van der Waals surface area contributed by atoms with Crippen molar-refractivity contribution in [1.29, 1.82) is 0 Å². The van der Waals surface area contributed by atoms with Crippen LogP contribution in [0.25, 0.3) is 0 Å². The third kappa shape index (κ3) is 3.08. The predicted molar refractivity (Wildman–Crippen MR) is 45.0 cm³/mol. The molecule has 8 nitrogen and oxygen atoms in total. The minimum Gasteiger partial charge on any atom is -0.388 e. The molecule has 0 saturated carbocycles. The maximum Gasteiger partial charge on any atom is 0.397 e. The van der Waals surface area contributed by atoms with Gasteiger partial charge in [-0.2, -0.15) is 8.42 Å². The first-order chi connectivity index (χ1) is 6.72. The lowest BCUT2D eigenvalue weighted by Gasteiger charge is -2.38. The van der Waals surface area contributed by atoms with Crippen LogP contribution in [0.3, 0.4) is 0 Å². The summed E-state index contributed by atoms with van der Waals surface area (Å²) in [7, 11) is -4.82. The van der Waals surface area contributed by atoms with Crippen molar-refractivity contribution in [2.45, 2.75) is 37.6 Å². The fourth-order valence-electron chi connectivity index (χ4n) is 1.27. The highest BCUT2D eigenvalue weighted by Gasteiger charge is 2.45. The van der Waals surface area contributed by atoms with Gasteiger partial charge in [-0.15, -0.1) is 0 Å². The molecule has 1 fully saturated rings. The molecule has 0 bridgehead atoms. The SMILES string of the molecule is C[C@@H]1O[C@@H](O)[C@H](O)[C@H](OS(=O)(=O)O)[C@H]1O. The molecule has 0 radical (unpaired) electrons. The van der Waals surface area contributed by atoms with Crippen molar-refractivity contribution in [3.8, 4) is 0 Å². The number of hydrogen-bond acceptors (Lipinski definition) is 7. The van der Waals surface area contributed by atoms with Gasteiger partial charge in [0, 0.05) is 0 Å². The number of hydrogen-bond donors (Lipinski definition) is 4. The first kappa shape index (κ1) is 12.8. The highest BCUT2D eigenvalue weighted by Crippen LogP contribution is 2.22. The highest BCUT2D eigenvalue weighted by atomic mass is 32.3. The largest absolute Gasteiger partial charge is 0.397 e. The Kier molecular flexibility index (Phi) is 3.66. The fraction of sp³-hybridized carbons (Fsp3) is 1.00. The van der Waals surface area contributed by atoms with E-state index in [4.69, 9.17) is 9.66 Å². The standard InChI is InChI=1S/C6H12O8S/c1-2-3(7)5(14-15(10,11)12)4(8)6(9)13-2/h2-9H,1H3,(H,10,11,12)/t2-,3-,4+,5+,6+/m0/s1. The summed E-state index contributed by atoms with van der Waals surface area (Å²) in [5.41, 5.74) is 0. The minimum absolute atomic E-state index is 0.935. The molecule has 5 atom stereocenters. The van der Waals surface area contributed by atoms with Crippen LogP contribution in [0.4, 0.5) is 0 Å². The zero-order valence-electron chi connectivity index (χ0n) is 7.72. The van der Waals surface area contributed by atoms with E-state index in [0.29, 0.717) is 0 Å². The molecular weight excluding hydrogens is 232 g/mol. The lowest BCUT2D eigenvalue weighted by Crippen LogP contribution is -2.58. The quantitative estimate of drug-likeness (QED) is 0.396. The van der Waals surface area contributed by atoms with Gasteiger partial charge in [0.2, 0.25) is 0 Å². The van der Waals surface area contributed by atoms with Gasteiger partial charge in [-0.3, -0.25) is 4.55 Å². The van der Waals surface area contributed by atoms with Crippen LogP contribution in [0.2, 0.25) is 0 Å². The van der Waals surface area contributed by atoms with Gasteiger partial charge in [0.15, 0.2) is 6.29 Å². The van der Waals surface area contributed by atoms with Crippen LogP contribution in [0, 0.1) is 0 Å². The van der Waals surface area contributed by atoms with E-state index in [0.717, 1.165) is 0 Å². The molecule has 15 heavy (non-hydrogen) atoms. The van der Waals surface area contributed by atoms with Gasteiger partial charge in [0.05, 0.1) is 6.10 Å². The Morgan fingerprint density at radius 2 is 1.73 bits per heavy atom. The van der Waals surface area contributed by atoms with Gasteiger partial charge in [-0.1, -0.05) is 0 Å². The number of rotatable bonds is 2. The second-order valence-corrected chi connectivity index (χ2v) is 4.25. The van der Waals surface area contributed by atoms with E-state index in [2.05, 4.69) is 8.92 Å². The fourth-order valence-corrected chi connectivity index (χ4v) is 1.78. The molecule has 4 N–H and O–H groups in total. The number of aliphatic hydroxyl groups is 3. The van der Waals surface area contributed by atoms with E-state index in [1.807, 2.05) is 0 Å². The molecule has 1 heterocycles. The molecule has 0 aromatic carbocycles. The zero-order chi connectivity index (χ0) is 11.8. The molecule has 1 aliphatic rings. The molecule has 1 aliphatic heterocycles. The summed E-state index contributed by atoms with van der Waals surface area (Å²) in [4.78, 5) is 0. The number of ether oxygens (including phenoxy) is 1. The second kappa shape index (κ2) is 4.29. The van der Waals surface area contributed by atoms with Crippen molar-refractivity contribution < 1.29 is 37.2 Å². The van der Waals surface area contributed by atoms with E-state index in [9.17, 15) is 18.6 Å². The molecule has 0 spiro atoms. The summed E-state index contributed by atoms with van der Waals surface area (Å²) in [5, 5.41) is 27.7. The Bertz CT molecular complexity index is 299. The summed E-state index contributed by atoms with van der Waals surface area (Å²) in [6, 6.07) is 0. The second-order valence-electron chi connectivity index (χ2n) is 3.20. The predicted octanol–water partition coefficient (Wildman–Crippen LogP) is -2.37. The molecule has 1 saturated heterocycles. The summed E-state index contributed by atoms with van der Waals surface area (Å²) < 4.78 is 37.9. The van der Waals surface area contributed by atoms with Crippen molar-refractivity contribution in [3.63, 3.8) is 0 Å². The normalized spacial score (nSPS) is 42.9. The highest BCUT2D eigenvalue weighted by molar-refractivity contribution is 7.80. The van der Waals surface area contributed by atoms with Crippen LogP contribution in [0.15, 0.2) is 0 Å². The van der Waals surface area contributed by atoms with Crippen molar-refractivity contribution in [2.75, 3.05) is 0 Å². The third-order valence-corrected chi connectivity index (χ3v) is 2.50. The van der Waals surface area contributed by atoms with Crippen molar-refractivity contribution in [3.05, 3.63) is 0 Å². The maximum atomic E-state index is 10.4. The summed E-state index contributed by atoms with van der Waals surface area (Å²) in [6.45, 7) is 1.35. The van der Waals surface area contributed by atoms with E-state index < -0.39 is 41.1 Å². The average Bonchev–Trinajstić information content (AvgIpc) is 2.08. The molecule has 1 rings (SSSR count). The van der Waals surface area contributed by atoms with Crippen molar-refractivity contribution in [1.82, 2.24) is 0 Å². The molecule has 90 valence electrons. The van der Waals surface area contributed by atoms with Crippen LogP contribution in [-0.4, -0.2) is 59.0 Å². The minimum atomic E-state index is -4.82. The Labute approximate surface area is 86.0 Å². The molecule has 0 aromatic rings. The molecule has 0 unspecified atom stereocenters. The Hall–Kier alpha value is -0.290. The summed E-state index contributed by atoms with van der Waals surface area (Å²) in [6.07, 6.45) is -7.53. The van der Waals surface area contributed by atoms with Crippen LogP contribution in [-0.2, 0) is 19.3 Å². The third-order valence-electron chi connectivity index (χ3n) is 2.03. The Morgan fingerprint density at radius 1 is 1.20 bits per heavy atom. The lowest BCUT2D eigenvalue weighted by molar-refractivity contribution is -0.272. The topological polar surface area (TPSA) is 134 Å². The molecule has 9 heteroatoms. The molecule has 0 aliphatic carbocycles. The van der Waals surface area contributed by atoms with Crippen LogP contribution < -0.4 is 0 Å². The van der Waals surface area contributed by atoms with Crippen molar-refractivity contribution in [2.24, 2.45) is 0 Å². The van der Waals surface area contributed by atoms with Gasteiger partial charge >= 0.3 is 10.4 Å². The van der Waals surface area contributed by atoms with Crippen LogP contribution in [0.5, 0.6) is 0 Å². The maximum absolute atomic E-state index is 10.4. The Balaban J connectivity index is 2.82. The van der Waals surface area contributed by atoms with E-state index in [1.165, 1.54) is 6.92 Å². The van der Waals surface area contributed by atoms with Crippen LogP contribution in [0.1, 0.15) is 6.92 Å². The van der Waals surface area contributed by atoms with E-state index >= 15 is 0 Å². The van der Waals surface area contributed by atoms with E-state index in [-0.39, 0.29) is 0 Å². The van der Waals surface area contributed by atoms with Gasteiger partial charge in [-0.05, 0) is 6.92 Å². The zero-order valence-corrected chi connectivity index (χ0v) is 8.53. The molecule has 0 aromatic heterocycles. The Morgan fingerprint density at radius 3 is 2.20 bits per heavy atom. The molecular formula is C6H12O8S. The van der Waals surface area contributed by atoms with Gasteiger partial charge in [0.25, 0.3) is 0 Å². The van der Waals surface area contributed by atoms with Crippen LogP contribution >= 0.6 is 0 Å². The van der Waals surface area contributed by atoms with Gasteiger partial charge in [0.1, 0.15) is 18.3 Å². The monoisotopic (exact) mass is 244 g/mol.